The van der Waals surface area contributed by atoms with Crippen LogP contribution in [0.1, 0.15) is 0 Å². The average molecular weight is 299 g/mol. The molecule has 1 aliphatic heterocycles. The molecule has 3 unspecified atom stereocenters. The third-order valence-corrected chi connectivity index (χ3v) is 3.16. The van der Waals surface area contributed by atoms with Crippen LogP contribution in [0.15, 0.2) is 0 Å². The van der Waals surface area contributed by atoms with Gasteiger partial charge in [0.15, 0.2) is 6.30 Å². The molecule has 0 aliphatic carbocycles. The van der Waals surface area contributed by atoms with Crippen molar-refractivity contribution in [1.82, 2.24) is 5.32 Å². The van der Waals surface area contributed by atoms with Gasteiger partial charge in [0.2, 0.25) is 0 Å². The maximum atomic E-state index is 13.1. The molecule has 106 valence electrons. The molecule has 1 aliphatic rings. The average Bonchev–Trinajstić information content (AvgIpc) is 2.57. The van der Waals surface area contributed by atoms with E-state index in [0.29, 0.717) is 0 Å². The summed E-state index contributed by atoms with van der Waals surface area (Å²) in [4.78, 5) is 13.5. The second-order valence-corrected chi connectivity index (χ2v) is 4.84. The first-order chi connectivity index (χ1) is 8.10. The van der Waals surface area contributed by atoms with Gasteiger partial charge in [-0.15, -0.1) is 0 Å². The van der Waals surface area contributed by atoms with Crippen molar-refractivity contribution in [2.24, 2.45) is 5.92 Å². The molecule has 12 heteroatoms. The van der Waals surface area contributed by atoms with E-state index in [1.54, 1.807) is 0 Å². The number of hydrogen-bond acceptors (Lipinski definition) is 6. The number of carbonyl (C=O) groups excluding carboxylic acids is 1. The van der Waals surface area contributed by atoms with Crippen LogP contribution < -0.4 is 5.32 Å². The maximum absolute atomic E-state index is 13.1. The Labute approximate surface area is 97.1 Å². The molecule has 1 heterocycles. The molecule has 0 radical (unpaired) electrons. The van der Waals surface area contributed by atoms with Crippen molar-refractivity contribution < 1.29 is 44.4 Å². The molecule has 0 aromatic rings. The van der Waals surface area contributed by atoms with Crippen molar-refractivity contribution in [1.29, 1.82) is 0 Å². The van der Waals surface area contributed by atoms with Gasteiger partial charge in [0, 0.05) is 11.1 Å². The van der Waals surface area contributed by atoms with Crippen LogP contribution in [0.2, 0.25) is 0 Å². The summed E-state index contributed by atoms with van der Waals surface area (Å²) < 4.78 is 85.4. The van der Waals surface area contributed by atoms with Crippen molar-refractivity contribution in [2.45, 2.75) is 17.9 Å². The first kappa shape index (κ1) is 15.0. The predicted octanol–water partition coefficient (Wildman–Crippen LogP) is 0.164. The van der Waals surface area contributed by atoms with Gasteiger partial charge in [-0.1, -0.05) is 0 Å². The molecule has 0 aromatic carbocycles. The summed E-state index contributed by atoms with van der Waals surface area (Å²) in [5.74, 6) is -3.58. The zero-order valence-corrected chi connectivity index (χ0v) is 9.09. The summed E-state index contributed by atoms with van der Waals surface area (Å²) in [7, 11) is -6.10. The van der Waals surface area contributed by atoms with E-state index < -0.39 is 46.5 Å². The molecule has 0 bridgehead atoms. The van der Waals surface area contributed by atoms with Gasteiger partial charge >= 0.3 is 21.6 Å². The predicted molar refractivity (Wildman–Crippen MR) is 43.4 cm³/mol. The van der Waals surface area contributed by atoms with Crippen LogP contribution in [0.4, 0.5) is 22.1 Å². The minimum atomic E-state index is -6.10. The zero-order valence-electron chi connectivity index (χ0n) is 8.28. The van der Waals surface area contributed by atoms with Crippen LogP contribution in [-0.4, -0.2) is 38.8 Å². The lowest BCUT2D eigenvalue weighted by molar-refractivity contribution is -0.191. The molecule has 0 amide bonds. The molecule has 1 N–H and O–H groups in total. The van der Waals surface area contributed by atoms with Crippen molar-refractivity contribution in [3.63, 3.8) is 0 Å². The molecule has 18 heavy (non-hydrogen) atoms. The fourth-order valence-electron chi connectivity index (χ4n) is 1.27. The highest BCUT2D eigenvalue weighted by Gasteiger charge is 2.53. The minimum absolute atomic E-state index is 0.623. The summed E-state index contributed by atoms with van der Waals surface area (Å²) in [6, 6.07) is 0. The number of alkyl halides is 4. The fraction of sp³-hybridized carbons (Fsp3) is 0.833. The largest absolute Gasteiger partial charge is 0.523 e. The summed E-state index contributed by atoms with van der Waals surface area (Å²) >= 11 is 0. The number of carbonyl (C=O) groups is 1. The minimum Gasteiger partial charge on any atom is -0.285 e. The number of halogens is 5. The van der Waals surface area contributed by atoms with E-state index >= 15 is 0 Å². The van der Waals surface area contributed by atoms with Gasteiger partial charge in [-0.05, 0) is 0 Å². The van der Waals surface area contributed by atoms with Gasteiger partial charge in [0.1, 0.15) is 12.0 Å². The standard InChI is InChI=1S/C6H6F5NO5S/c7-4-3(2(1-12-4)5(13)16-11)17-18(14,15)6(8,9)10/h2-4,12H,1H2. The highest BCUT2D eigenvalue weighted by atomic mass is 32.2. The molecule has 0 spiro atoms. The first-order valence-electron chi connectivity index (χ1n) is 4.29. The number of rotatable bonds is 3. The molecule has 1 rings (SSSR count). The van der Waals surface area contributed by atoms with Gasteiger partial charge in [-0.3, -0.25) is 14.4 Å². The van der Waals surface area contributed by atoms with E-state index in [-0.39, 0.29) is 0 Å². The molecule has 0 aromatic heterocycles. The zero-order chi connectivity index (χ0) is 14.1. The van der Waals surface area contributed by atoms with Crippen LogP contribution in [0, 0.1) is 5.92 Å². The third-order valence-electron chi connectivity index (χ3n) is 2.12. The topological polar surface area (TPSA) is 81.7 Å². The Hall–Kier alpha value is -1.01. The fourth-order valence-corrected chi connectivity index (χ4v) is 1.90. The quantitative estimate of drug-likeness (QED) is 0.346. The smallest absolute Gasteiger partial charge is 0.285 e. The maximum Gasteiger partial charge on any atom is 0.523 e. The van der Waals surface area contributed by atoms with Crippen molar-refractivity contribution in [2.75, 3.05) is 6.54 Å². The molecular formula is C6H6F5NO5S. The number of nitrogens with one attached hydrogen (secondary N) is 1. The van der Waals surface area contributed by atoms with Gasteiger partial charge in [0.05, 0.1) is 0 Å². The highest BCUT2D eigenvalue weighted by Crippen LogP contribution is 2.30. The van der Waals surface area contributed by atoms with Gasteiger partial charge < -0.3 is 0 Å². The molecule has 1 saturated heterocycles. The Balaban J connectivity index is 2.90. The third kappa shape index (κ3) is 2.87. The second kappa shape index (κ2) is 4.93. The van der Waals surface area contributed by atoms with E-state index in [9.17, 15) is 35.3 Å². The monoisotopic (exact) mass is 299 g/mol. The number of hydrogen-bond donors (Lipinski definition) is 1. The van der Waals surface area contributed by atoms with Crippen LogP contribution in [0.5, 0.6) is 0 Å². The Bertz CT molecular complexity index is 423. The van der Waals surface area contributed by atoms with Gasteiger partial charge in [-0.2, -0.15) is 21.6 Å². The van der Waals surface area contributed by atoms with E-state index in [4.69, 9.17) is 0 Å². The van der Waals surface area contributed by atoms with E-state index in [1.165, 1.54) is 0 Å². The van der Waals surface area contributed by atoms with Crippen molar-refractivity contribution >= 4 is 16.1 Å². The molecule has 6 nitrogen and oxygen atoms in total. The normalized spacial score (nSPS) is 29.3. The Morgan fingerprint density at radius 3 is 2.33 bits per heavy atom. The van der Waals surface area contributed by atoms with E-state index in [2.05, 4.69) is 9.12 Å². The van der Waals surface area contributed by atoms with E-state index in [0.717, 1.165) is 0 Å². The van der Waals surface area contributed by atoms with Gasteiger partial charge in [0.25, 0.3) is 0 Å². The van der Waals surface area contributed by atoms with E-state index in [1.807, 2.05) is 5.32 Å². The molecule has 1 fully saturated rings. The molecular weight excluding hydrogens is 293 g/mol. The van der Waals surface area contributed by atoms with Crippen LogP contribution >= 0.6 is 0 Å². The van der Waals surface area contributed by atoms with Crippen molar-refractivity contribution in [3.8, 4) is 0 Å². The Morgan fingerprint density at radius 2 is 1.89 bits per heavy atom. The lowest BCUT2D eigenvalue weighted by Gasteiger charge is -2.18. The van der Waals surface area contributed by atoms with Gasteiger partial charge in [-0.25, -0.2) is 9.18 Å². The molecule has 0 saturated carbocycles. The first-order valence-corrected chi connectivity index (χ1v) is 5.70. The Kier molecular flexibility index (Phi) is 4.12. The van der Waals surface area contributed by atoms with Crippen LogP contribution in [0.25, 0.3) is 0 Å². The summed E-state index contributed by atoms with van der Waals surface area (Å²) in [5.41, 5.74) is -5.78. The van der Waals surface area contributed by atoms with Crippen LogP contribution in [-0.2, 0) is 24.0 Å². The second-order valence-electron chi connectivity index (χ2n) is 3.27. The summed E-state index contributed by atoms with van der Waals surface area (Å²) in [5, 5.41) is 1.82. The summed E-state index contributed by atoms with van der Waals surface area (Å²) in [6.45, 7) is -0.623. The van der Waals surface area contributed by atoms with Crippen LogP contribution in [0.3, 0.4) is 0 Å². The highest BCUT2D eigenvalue weighted by molar-refractivity contribution is 7.87. The lowest BCUT2D eigenvalue weighted by atomic mass is 10.1. The lowest BCUT2D eigenvalue weighted by Crippen LogP contribution is -2.39. The summed E-state index contributed by atoms with van der Waals surface area (Å²) in [6.07, 6.45) is -4.73. The van der Waals surface area contributed by atoms with Crippen molar-refractivity contribution in [3.05, 3.63) is 0 Å². The Morgan fingerprint density at radius 1 is 1.33 bits per heavy atom. The molecule has 3 atom stereocenters. The SMILES string of the molecule is O=C(OF)C1CNC(F)C1OS(=O)(=O)C(F)(F)F.